The van der Waals surface area contributed by atoms with Gasteiger partial charge in [0.25, 0.3) is 0 Å². The molecule has 0 saturated heterocycles. The van der Waals surface area contributed by atoms with Crippen molar-refractivity contribution in [2.24, 2.45) is 17.6 Å². The van der Waals surface area contributed by atoms with Gasteiger partial charge in [0.2, 0.25) is 0 Å². The average Bonchev–Trinajstić information content (AvgIpc) is 3.02. The molecule has 2 aliphatic rings. The lowest BCUT2D eigenvalue weighted by molar-refractivity contribution is 0.0826. The quantitative estimate of drug-likeness (QED) is 0.795. The van der Waals surface area contributed by atoms with Gasteiger partial charge < -0.3 is 5.73 Å². The van der Waals surface area contributed by atoms with Gasteiger partial charge in [-0.05, 0) is 57.8 Å². The van der Waals surface area contributed by atoms with Gasteiger partial charge in [-0.2, -0.15) is 0 Å². The van der Waals surface area contributed by atoms with E-state index in [-0.39, 0.29) is 0 Å². The minimum Gasteiger partial charge on any atom is -0.326 e. The van der Waals surface area contributed by atoms with E-state index in [4.69, 9.17) is 5.73 Å². The van der Waals surface area contributed by atoms with E-state index in [1.807, 2.05) is 0 Å². The summed E-state index contributed by atoms with van der Waals surface area (Å²) >= 11 is 0. The van der Waals surface area contributed by atoms with Crippen molar-refractivity contribution in [1.82, 2.24) is 4.90 Å². The van der Waals surface area contributed by atoms with Crippen molar-refractivity contribution in [3.05, 3.63) is 0 Å². The van der Waals surface area contributed by atoms with Gasteiger partial charge in [-0.3, -0.25) is 4.90 Å². The fraction of sp³-hybridized carbons (Fsp3) is 1.00. The zero-order valence-electron chi connectivity index (χ0n) is 11.2. The Labute approximate surface area is 101 Å². The van der Waals surface area contributed by atoms with Crippen molar-refractivity contribution >= 4 is 0 Å². The molecular formula is C14H28N2. The smallest absolute Gasteiger partial charge is 0.0252 e. The molecule has 2 fully saturated rings. The topological polar surface area (TPSA) is 29.3 Å². The minimum atomic E-state index is 0.414. The monoisotopic (exact) mass is 224 g/mol. The Kier molecular flexibility index (Phi) is 3.91. The van der Waals surface area contributed by atoms with Gasteiger partial charge in [0.05, 0.1) is 0 Å². The second kappa shape index (κ2) is 5.05. The van der Waals surface area contributed by atoms with Crippen LogP contribution in [0.2, 0.25) is 0 Å². The predicted molar refractivity (Wildman–Crippen MR) is 69.3 cm³/mol. The van der Waals surface area contributed by atoms with Crippen LogP contribution in [0.5, 0.6) is 0 Å². The summed E-state index contributed by atoms with van der Waals surface area (Å²) in [6.07, 6.45) is 6.75. The van der Waals surface area contributed by atoms with E-state index in [0.717, 1.165) is 11.8 Å². The van der Waals surface area contributed by atoms with E-state index in [1.54, 1.807) is 0 Å². The Hall–Kier alpha value is -0.0800. The molecule has 0 aromatic heterocycles. The number of nitrogens with zero attached hydrogens (tertiary/aromatic N) is 1. The molecule has 2 aliphatic carbocycles. The normalized spacial score (nSPS) is 36.0. The number of hydrogen-bond acceptors (Lipinski definition) is 2. The summed E-state index contributed by atoms with van der Waals surface area (Å²) in [7, 11) is 0. The van der Waals surface area contributed by atoms with E-state index in [1.165, 1.54) is 38.6 Å². The standard InChI is InChI=1S/C14H28N2/c1-10(2)16(9-12-5-6-12)14-8-11(3)4-7-13(14)15/h10-14H,4-9,15H2,1-3H3. The summed E-state index contributed by atoms with van der Waals surface area (Å²) in [6, 6.07) is 1.71. The first kappa shape index (κ1) is 12.4. The molecule has 0 heterocycles. The molecule has 0 aromatic rings. The molecule has 0 amide bonds. The average molecular weight is 224 g/mol. The molecule has 2 rings (SSSR count). The van der Waals surface area contributed by atoms with Crippen molar-refractivity contribution in [2.75, 3.05) is 6.54 Å². The van der Waals surface area contributed by atoms with E-state index < -0.39 is 0 Å². The lowest BCUT2D eigenvalue weighted by Gasteiger charge is -2.43. The third-order valence-corrected chi connectivity index (χ3v) is 4.39. The van der Waals surface area contributed by atoms with Crippen LogP contribution in [0.25, 0.3) is 0 Å². The van der Waals surface area contributed by atoms with Crippen LogP contribution in [-0.4, -0.2) is 29.6 Å². The van der Waals surface area contributed by atoms with E-state index in [2.05, 4.69) is 25.7 Å². The van der Waals surface area contributed by atoms with Crippen LogP contribution in [0.3, 0.4) is 0 Å². The summed E-state index contributed by atoms with van der Waals surface area (Å²) in [6.45, 7) is 8.33. The largest absolute Gasteiger partial charge is 0.326 e. The van der Waals surface area contributed by atoms with Crippen molar-refractivity contribution in [3.63, 3.8) is 0 Å². The SMILES string of the molecule is CC1CCC(N)C(N(CC2CC2)C(C)C)C1. The molecule has 0 aliphatic heterocycles. The molecule has 2 saturated carbocycles. The summed E-state index contributed by atoms with van der Waals surface area (Å²) in [5.74, 6) is 1.84. The van der Waals surface area contributed by atoms with Gasteiger partial charge in [0, 0.05) is 24.7 Å². The van der Waals surface area contributed by atoms with Gasteiger partial charge in [0.1, 0.15) is 0 Å². The van der Waals surface area contributed by atoms with E-state index in [0.29, 0.717) is 18.1 Å². The number of hydrogen-bond donors (Lipinski definition) is 1. The molecule has 0 radical (unpaired) electrons. The van der Waals surface area contributed by atoms with Crippen molar-refractivity contribution < 1.29 is 0 Å². The Balaban J connectivity index is 1.98. The predicted octanol–water partition coefficient (Wildman–Crippen LogP) is 2.62. The molecule has 2 N–H and O–H groups in total. The highest BCUT2D eigenvalue weighted by Crippen LogP contribution is 2.34. The van der Waals surface area contributed by atoms with Gasteiger partial charge in [-0.25, -0.2) is 0 Å². The summed E-state index contributed by atoms with van der Waals surface area (Å²) in [4.78, 5) is 2.69. The van der Waals surface area contributed by atoms with E-state index >= 15 is 0 Å². The molecule has 94 valence electrons. The van der Waals surface area contributed by atoms with Crippen LogP contribution >= 0.6 is 0 Å². The lowest BCUT2D eigenvalue weighted by atomic mass is 9.82. The third kappa shape index (κ3) is 2.98. The minimum absolute atomic E-state index is 0.414. The lowest BCUT2D eigenvalue weighted by Crippen LogP contribution is -2.53. The van der Waals surface area contributed by atoms with Crippen LogP contribution in [0.1, 0.15) is 52.9 Å². The molecule has 0 bridgehead atoms. The second-order valence-electron chi connectivity index (χ2n) is 6.38. The number of nitrogens with two attached hydrogens (primary N) is 1. The highest BCUT2D eigenvalue weighted by atomic mass is 15.2. The fourth-order valence-corrected chi connectivity index (χ4v) is 3.08. The fourth-order valence-electron chi connectivity index (χ4n) is 3.08. The first-order chi connectivity index (χ1) is 7.58. The highest BCUT2D eigenvalue weighted by molar-refractivity contribution is 4.91. The molecule has 3 atom stereocenters. The molecule has 0 aromatic carbocycles. The Morgan fingerprint density at radius 3 is 2.44 bits per heavy atom. The van der Waals surface area contributed by atoms with Gasteiger partial charge in [-0.1, -0.05) is 6.92 Å². The van der Waals surface area contributed by atoms with Crippen molar-refractivity contribution in [2.45, 2.75) is 71.0 Å². The van der Waals surface area contributed by atoms with E-state index in [9.17, 15) is 0 Å². The maximum atomic E-state index is 6.33. The third-order valence-electron chi connectivity index (χ3n) is 4.39. The van der Waals surface area contributed by atoms with Crippen LogP contribution in [-0.2, 0) is 0 Å². The van der Waals surface area contributed by atoms with Gasteiger partial charge in [0.15, 0.2) is 0 Å². The zero-order valence-corrected chi connectivity index (χ0v) is 11.2. The highest BCUT2D eigenvalue weighted by Gasteiger charge is 2.35. The van der Waals surface area contributed by atoms with Crippen LogP contribution in [0, 0.1) is 11.8 Å². The molecular weight excluding hydrogens is 196 g/mol. The molecule has 2 nitrogen and oxygen atoms in total. The van der Waals surface area contributed by atoms with Gasteiger partial charge >= 0.3 is 0 Å². The molecule has 2 heteroatoms. The maximum absolute atomic E-state index is 6.33. The maximum Gasteiger partial charge on any atom is 0.0252 e. The van der Waals surface area contributed by atoms with Crippen LogP contribution in [0.4, 0.5) is 0 Å². The molecule has 0 spiro atoms. The Morgan fingerprint density at radius 2 is 1.88 bits per heavy atom. The van der Waals surface area contributed by atoms with Crippen molar-refractivity contribution in [1.29, 1.82) is 0 Å². The van der Waals surface area contributed by atoms with Crippen LogP contribution < -0.4 is 5.73 Å². The summed E-state index contributed by atoms with van der Waals surface area (Å²) in [5.41, 5.74) is 6.33. The first-order valence-electron chi connectivity index (χ1n) is 7.09. The van der Waals surface area contributed by atoms with Crippen LogP contribution in [0.15, 0.2) is 0 Å². The summed E-state index contributed by atoms with van der Waals surface area (Å²) in [5, 5.41) is 0. The van der Waals surface area contributed by atoms with Crippen molar-refractivity contribution in [3.8, 4) is 0 Å². The number of rotatable bonds is 4. The Morgan fingerprint density at radius 1 is 1.19 bits per heavy atom. The Bertz CT molecular complexity index is 221. The molecule has 3 unspecified atom stereocenters. The van der Waals surface area contributed by atoms with Gasteiger partial charge in [-0.15, -0.1) is 0 Å². The first-order valence-corrected chi connectivity index (χ1v) is 7.09. The molecule has 16 heavy (non-hydrogen) atoms. The second-order valence-corrected chi connectivity index (χ2v) is 6.38. The zero-order chi connectivity index (χ0) is 11.7. The summed E-state index contributed by atoms with van der Waals surface area (Å²) < 4.78 is 0.